The molecule has 0 bridgehead atoms. The number of rotatable bonds is 3. The molecule has 1 aliphatic rings. The number of carbonyl (C=O) groups is 1. The highest BCUT2D eigenvalue weighted by atomic mass is 16.4. The number of fused-ring (bicyclic) bond motifs is 1. The van der Waals surface area contributed by atoms with Crippen molar-refractivity contribution in [2.24, 2.45) is 0 Å². The molecule has 1 N–H and O–H groups in total. The Morgan fingerprint density at radius 3 is 2.76 bits per heavy atom. The summed E-state index contributed by atoms with van der Waals surface area (Å²) in [5.74, 6) is -0.926. The Morgan fingerprint density at radius 1 is 1.19 bits per heavy atom. The number of carboxylic acids is 1. The minimum absolute atomic E-state index is 0.908. The second kappa shape index (κ2) is 5.44. The van der Waals surface area contributed by atoms with Crippen molar-refractivity contribution in [3.05, 3.63) is 65.2 Å². The lowest BCUT2D eigenvalue weighted by atomic mass is 10.1. The van der Waals surface area contributed by atoms with E-state index >= 15 is 0 Å². The largest absolute Gasteiger partial charge is 0.478 e. The van der Waals surface area contributed by atoms with Gasteiger partial charge in [-0.05, 0) is 54.3 Å². The molecular weight excluding hydrogens is 262 g/mol. The molecule has 21 heavy (non-hydrogen) atoms. The molecule has 0 fully saturated rings. The van der Waals surface area contributed by atoms with Crippen molar-refractivity contribution >= 4 is 23.4 Å². The Balaban J connectivity index is 1.93. The number of hydrogen-bond donors (Lipinski definition) is 1. The first kappa shape index (κ1) is 13.4. The van der Waals surface area contributed by atoms with E-state index in [4.69, 9.17) is 5.11 Å². The number of nitrogens with zero attached hydrogens (tertiary/aromatic N) is 1. The van der Waals surface area contributed by atoms with Crippen LogP contribution in [0.4, 0.5) is 11.4 Å². The number of hydrogen-bond acceptors (Lipinski definition) is 2. The van der Waals surface area contributed by atoms with Gasteiger partial charge in [0.15, 0.2) is 0 Å². The number of aryl methyl sites for hydroxylation is 1. The van der Waals surface area contributed by atoms with Gasteiger partial charge in [0.2, 0.25) is 0 Å². The molecule has 0 atom stereocenters. The zero-order chi connectivity index (χ0) is 14.8. The van der Waals surface area contributed by atoms with Crippen molar-refractivity contribution in [2.75, 3.05) is 11.4 Å². The van der Waals surface area contributed by atoms with Crippen LogP contribution in [0.15, 0.2) is 48.5 Å². The van der Waals surface area contributed by atoms with Crippen LogP contribution in [0.3, 0.4) is 0 Å². The quantitative estimate of drug-likeness (QED) is 0.869. The van der Waals surface area contributed by atoms with Crippen LogP contribution in [0.5, 0.6) is 0 Å². The van der Waals surface area contributed by atoms with Crippen LogP contribution in [0.1, 0.15) is 16.7 Å². The maximum absolute atomic E-state index is 10.6. The van der Waals surface area contributed by atoms with E-state index in [1.807, 2.05) is 12.1 Å². The van der Waals surface area contributed by atoms with Crippen LogP contribution in [-0.4, -0.2) is 17.6 Å². The maximum atomic E-state index is 10.6. The summed E-state index contributed by atoms with van der Waals surface area (Å²) in [6, 6.07) is 14.5. The molecule has 3 rings (SSSR count). The maximum Gasteiger partial charge on any atom is 0.328 e. The first-order valence-electron chi connectivity index (χ1n) is 7.02. The van der Waals surface area contributed by atoms with Crippen molar-refractivity contribution < 1.29 is 9.90 Å². The molecule has 3 heteroatoms. The Kier molecular flexibility index (Phi) is 3.48. The SMILES string of the molecule is Cc1cc(C=CC(=O)O)ccc1N1CCc2ccccc21. The van der Waals surface area contributed by atoms with Gasteiger partial charge in [-0.25, -0.2) is 4.79 Å². The third-order valence-electron chi connectivity index (χ3n) is 3.82. The molecule has 1 aliphatic heterocycles. The normalized spacial score (nSPS) is 13.7. The van der Waals surface area contributed by atoms with Crippen LogP contribution in [0.25, 0.3) is 6.08 Å². The van der Waals surface area contributed by atoms with E-state index in [0.29, 0.717) is 0 Å². The molecule has 1 heterocycles. The summed E-state index contributed by atoms with van der Waals surface area (Å²) < 4.78 is 0. The van der Waals surface area contributed by atoms with Gasteiger partial charge in [0.1, 0.15) is 0 Å². The van der Waals surface area contributed by atoms with Gasteiger partial charge in [0.25, 0.3) is 0 Å². The van der Waals surface area contributed by atoms with Crippen molar-refractivity contribution in [1.29, 1.82) is 0 Å². The zero-order valence-corrected chi connectivity index (χ0v) is 11.9. The van der Waals surface area contributed by atoms with E-state index in [-0.39, 0.29) is 0 Å². The molecule has 0 aromatic heterocycles. The summed E-state index contributed by atoms with van der Waals surface area (Å²) in [5.41, 5.74) is 5.90. The summed E-state index contributed by atoms with van der Waals surface area (Å²) >= 11 is 0. The monoisotopic (exact) mass is 279 g/mol. The van der Waals surface area contributed by atoms with Crippen LogP contribution in [-0.2, 0) is 11.2 Å². The molecular formula is C18H17NO2. The van der Waals surface area contributed by atoms with Gasteiger partial charge < -0.3 is 10.0 Å². The van der Waals surface area contributed by atoms with E-state index in [9.17, 15) is 4.79 Å². The second-order valence-electron chi connectivity index (χ2n) is 5.25. The highest BCUT2D eigenvalue weighted by Gasteiger charge is 2.20. The van der Waals surface area contributed by atoms with Crippen LogP contribution >= 0.6 is 0 Å². The first-order chi connectivity index (χ1) is 10.1. The second-order valence-corrected chi connectivity index (χ2v) is 5.25. The van der Waals surface area contributed by atoms with Gasteiger partial charge in [0.05, 0.1) is 0 Å². The van der Waals surface area contributed by atoms with Gasteiger partial charge in [-0.1, -0.05) is 24.3 Å². The fourth-order valence-corrected chi connectivity index (χ4v) is 2.84. The molecule has 0 amide bonds. The molecule has 2 aromatic rings. The number of anilines is 2. The van der Waals surface area contributed by atoms with E-state index in [2.05, 4.69) is 42.2 Å². The summed E-state index contributed by atoms with van der Waals surface area (Å²) in [7, 11) is 0. The average Bonchev–Trinajstić information content (AvgIpc) is 2.89. The highest BCUT2D eigenvalue weighted by Crippen LogP contribution is 2.36. The Morgan fingerprint density at radius 2 is 2.00 bits per heavy atom. The van der Waals surface area contributed by atoms with Gasteiger partial charge in [-0.15, -0.1) is 0 Å². The summed E-state index contributed by atoms with van der Waals surface area (Å²) in [5, 5.41) is 8.69. The molecule has 0 saturated carbocycles. The van der Waals surface area contributed by atoms with Crippen LogP contribution < -0.4 is 4.90 Å². The Bertz CT molecular complexity index is 719. The highest BCUT2D eigenvalue weighted by molar-refractivity contribution is 5.85. The number of aliphatic carboxylic acids is 1. The molecule has 3 nitrogen and oxygen atoms in total. The van der Waals surface area contributed by atoms with E-state index in [1.165, 1.54) is 23.0 Å². The van der Waals surface area contributed by atoms with Crippen molar-refractivity contribution in [1.82, 2.24) is 0 Å². The molecule has 0 radical (unpaired) electrons. The lowest BCUT2D eigenvalue weighted by molar-refractivity contribution is -0.131. The molecule has 2 aromatic carbocycles. The topological polar surface area (TPSA) is 40.5 Å². The fraction of sp³-hybridized carbons (Fsp3) is 0.167. The minimum Gasteiger partial charge on any atom is -0.478 e. The van der Waals surface area contributed by atoms with E-state index in [0.717, 1.165) is 24.1 Å². The molecule has 106 valence electrons. The lowest BCUT2D eigenvalue weighted by Gasteiger charge is -2.22. The average molecular weight is 279 g/mol. The predicted molar refractivity (Wildman–Crippen MR) is 85.0 cm³/mol. The fourth-order valence-electron chi connectivity index (χ4n) is 2.84. The van der Waals surface area contributed by atoms with Crippen molar-refractivity contribution in [3.8, 4) is 0 Å². The number of carboxylic acid groups (broad SMARTS) is 1. The van der Waals surface area contributed by atoms with Crippen LogP contribution in [0, 0.1) is 6.92 Å². The van der Waals surface area contributed by atoms with Crippen molar-refractivity contribution in [3.63, 3.8) is 0 Å². The Labute approximate surface area is 124 Å². The summed E-state index contributed by atoms with van der Waals surface area (Å²) in [4.78, 5) is 12.9. The number of para-hydroxylation sites is 1. The molecule has 0 saturated heterocycles. The van der Waals surface area contributed by atoms with E-state index in [1.54, 1.807) is 6.08 Å². The van der Waals surface area contributed by atoms with Crippen molar-refractivity contribution in [2.45, 2.75) is 13.3 Å². The van der Waals surface area contributed by atoms with Gasteiger partial charge >= 0.3 is 5.97 Å². The summed E-state index contributed by atoms with van der Waals surface area (Å²) in [6.07, 6.45) is 3.85. The van der Waals surface area contributed by atoms with Gasteiger partial charge in [0, 0.05) is 24.0 Å². The predicted octanol–water partition coefficient (Wildman–Crippen LogP) is 3.79. The van der Waals surface area contributed by atoms with Gasteiger partial charge in [-0.2, -0.15) is 0 Å². The van der Waals surface area contributed by atoms with E-state index < -0.39 is 5.97 Å². The molecule has 0 spiro atoms. The third kappa shape index (κ3) is 2.68. The standard InChI is InChI=1S/C18H17NO2/c1-13-12-14(7-9-18(20)21)6-8-16(13)19-11-10-15-4-2-3-5-17(15)19/h2-9,12H,10-11H2,1H3,(H,20,21). The summed E-state index contributed by atoms with van der Waals surface area (Å²) in [6.45, 7) is 3.05. The third-order valence-corrected chi connectivity index (χ3v) is 3.82. The lowest BCUT2D eigenvalue weighted by Crippen LogP contribution is -2.14. The smallest absolute Gasteiger partial charge is 0.328 e. The van der Waals surface area contributed by atoms with Crippen LogP contribution in [0.2, 0.25) is 0 Å². The molecule has 0 aliphatic carbocycles. The zero-order valence-electron chi connectivity index (χ0n) is 11.9. The first-order valence-corrected chi connectivity index (χ1v) is 7.02. The number of benzene rings is 2. The Hall–Kier alpha value is -2.55. The van der Waals surface area contributed by atoms with Gasteiger partial charge in [-0.3, -0.25) is 0 Å². The molecule has 0 unspecified atom stereocenters. The minimum atomic E-state index is -0.926.